The van der Waals surface area contributed by atoms with Gasteiger partial charge < -0.3 is 10.1 Å². The van der Waals surface area contributed by atoms with Crippen LogP contribution >= 0.6 is 0 Å². The minimum absolute atomic E-state index is 0.338. The van der Waals surface area contributed by atoms with Crippen LogP contribution in [0.3, 0.4) is 0 Å². The summed E-state index contributed by atoms with van der Waals surface area (Å²) in [6, 6.07) is 4.38. The molecule has 0 heterocycles. The summed E-state index contributed by atoms with van der Waals surface area (Å²) in [6.07, 6.45) is 2.33. The lowest BCUT2D eigenvalue weighted by atomic mass is 10.1. The molecule has 0 unspecified atom stereocenters. The lowest BCUT2D eigenvalue weighted by molar-refractivity contribution is -0.717. The number of quaternary nitrogens is 1. The summed E-state index contributed by atoms with van der Waals surface area (Å²) in [6.45, 7) is 15.1. The van der Waals surface area contributed by atoms with Crippen molar-refractivity contribution in [1.82, 2.24) is 0 Å². The zero-order valence-electron chi connectivity index (χ0n) is 13.5. The second-order valence-electron chi connectivity index (χ2n) is 6.64. The molecule has 2 heteroatoms. The van der Waals surface area contributed by atoms with Gasteiger partial charge in [-0.25, -0.2) is 0 Å². The first kappa shape index (κ1) is 16.0. The highest BCUT2D eigenvalue weighted by molar-refractivity contribution is 5.42. The number of aryl methyl sites for hydroxylation is 3. The van der Waals surface area contributed by atoms with E-state index in [1.807, 2.05) is 0 Å². The van der Waals surface area contributed by atoms with Gasteiger partial charge in [0, 0.05) is 0 Å². The summed E-state index contributed by atoms with van der Waals surface area (Å²) in [5.41, 5.74) is 4.14. The molecule has 0 aliphatic rings. The van der Waals surface area contributed by atoms with Gasteiger partial charge in [0.25, 0.3) is 0 Å². The highest BCUT2D eigenvalue weighted by Crippen LogP contribution is 2.24. The molecule has 2 nitrogen and oxygen atoms in total. The highest BCUT2D eigenvalue weighted by atomic mass is 16.5. The fourth-order valence-electron chi connectivity index (χ4n) is 2.35. The molecule has 108 valence electrons. The lowest BCUT2D eigenvalue weighted by Gasteiger charge is -2.17. The van der Waals surface area contributed by atoms with Gasteiger partial charge in [-0.2, -0.15) is 0 Å². The normalized spacial score (nSPS) is 11.7. The maximum Gasteiger partial charge on any atom is 0.125 e. The number of nitrogens with two attached hydrogens (primary N) is 1. The number of hydrogen-bond donors (Lipinski definition) is 1. The van der Waals surface area contributed by atoms with E-state index in [1.165, 1.54) is 29.7 Å². The Labute approximate surface area is 118 Å². The Kier molecular flexibility index (Phi) is 5.86. The third kappa shape index (κ3) is 6.11. The van der Waals surface area contributed by atoms with E-state index < -0.39 is 0 Å². The van der Waals surface area contributed by atoms with Crippen molar-refractivity contribution in [2.75, 3.05) is 13.2 Å². The van der Waals surface area contributed by atoms with Gasteiger partial charge in [0.15, 0.2) is 0 Å². The van der Waals surface area contributed by atoms with Crippen LogP contribution in [0.5, 0.6) is 5.75 Å². The molecule has 0 aliphatic heterocycles. The van der Waals surface area contributed by atoms with Crippen molar-refractivity contribution in [3.05, 3.63) is 28.8 Å². The zero-order chi connectivity index (χ0) is 14.5. The van der Waals surface area contributed by atoms with Crippen molar-refractivity contribution in [3.8, 4) is 5.75 Å². The van der Waals surface area contributed by atoms with E-state index in [4.69, 9.17) is 4.74 Å². The molecule has 0 aliphatic carbocycles. The Hall–Kier alpha value is -1.02. The Morgan fingerprint density at radius 1 is 1.00 bits per heavy atom. The average Bonchev–Trinajstić information content (AvgIpc) is 2.24. The molecule has 0 radical (unpaired) electrons. The molecular formula is C17H30NO+. The lowest BCUT2D eigenvalue weighted by Crippen LogP contribution is -2.94. The Balaban J connectivity index is 2.30. The van der Waals surface area contributed by atoms with Gasteiger partial charge in [0.05, 0.1) is 18.7 Å². The van der Waals surface area contributed by atoms with E-state index in [-0.39, 0.29) is 0 Å². The molecule has 0 saturated heterocycles. The standard InChI is InChI=1S/C17H29NO/c1-13-11-14(2)16(15(3)12-13)19-10-8-7-9-18-17(4,5)6/h11-12,18H,7-10H2,1-6H3/p+1. The monoisotopic (exact) mass is 264 g/mol. The highest BCUT2D eigenvalue weighted by Gasteiger charge is 2.11. The summed E-state index contributed by atoms with van der Waals surface area (Å²) in [4.78, 5) is 0. The number of unbranched alkanes of at least 4 members (excludes halogenated alkanes) is 1. The molecule has 0 fully saturated rings. The van der Waals surface area contributed by atoms with E-state index in [2.05, 4.69) is 59.0 Å². The smallest absolute Gasteiger partial charge is 0.125 e. The second kappa shape index (κ2) is 6.95. The SMILES string of the molecule is Cc1cc(C)c(OCCCC[NH2+]C(C)(C)C)c(C)c1. The quantitative estimate of drug-likeness (QED) is 0.785. The largest absolute Gasteiger partial charge is 0.493 e. The molecule has 19 heavy (non-hydrogen) atoms. The van der Waals surface area contributed by atoms with Crippen molar-refractivity contribution in [3.63, 3.8) is 0 Å². The average molecular weight is 264 g/mol. The first-order valence-corrected chi connectivity index (χ1v) is 7.34. The molecule has 1 aromatic carbocycles. The predicted octanol–water partition coefficient (Wildman–Crippen LogP) is 3.13. The summed E-state index contributed by atoms with van der Waals surface area (Å²) in [5, 5.41) is 2.40. The minimum Gasteiger partial charge on any atom is -0.493 e. The maximum atomic E-state index is 5.94. The summed E-state index contributed by atoms with van der Waals surface area (Å²) in [7, 11) is 0. The number of benzene rings is 1. The van der Waals surface area contributed by atoms with Crippen molar-refractivity contribution in [1.29, 1.82) is 0 Å². The van der Waals surface area contributed by atoms with Gasteiger partial charge >= 0.3 is 0 Å². The van der Waals surface area contributed by atoms with Crippen LogP contribution in [0.4, 0.5) is 0 Å². The van der Waals surface area contributed by atoms with Crippen LogP contribution in [0, 0.1) is 20.8 Å². The number of rotatable bonds is 6. The second-order valence-corrected chi connectivity index (χ2v) is 6.64. The van der Waals surface area contributed by atoms with Gasteiger partial charge in [-0.1, -0.05) is 17.7 Å². The molecular weight excluding hydrogens is 234 g/mol. The molecule has 2 N–H and O–H groups in total. The van der Waals surface area contributed by atoms with E-state index >= 15 is 0 Å². The molecule has 0 saturated carbocycles. The molecule has 0 bridgehead atoms. The van der Waals surface area contributed by atoms with Crippen LogP contribution in [0.15, 0.2) is 12.1 Å². The van der Waals surface area contributed by atoms with Crippen molar-refractivity contribution in [2.45, 2.75) is 59.9 Å². The van der Waals surface area contributed by atoms with Crippen LogP contribution in [0.25, 0.3) is 0 Å². The van der Waals surface area contributed by atoms with E-state index in [9.17, 15) is 0 Å². The molecule has 0 aromatic heterocycles. The molecule has 0 atom stereocenters. The summed E-state index contributed by atoms with van der Waals surface area (Å²) < 4.78 is 5.94. The molecule has 0 amide bonds. The summed E-state index contributed by atoms with van der Waals surface area (Å²) >= 11 is 0. The van der Waals surface area contributed by atoms with E-state index in [0.29, 0.717) is 5.54 Å². The van der Waals surface area contributed by atoms with Gasteiger partial charge in [-0.3, -0.25) is 0 Å². The van der Waals surface area contributed by atoms with Crippen LogP contribution in [0.2, 0.25) is 0 Å². The van der Waals surface area contributed by atoms with E-state index in [1.54, 1.807) is 0 Å². The van der Waals surface area contributed by atoms with Crippen LogP contribution in [-0.4, -0.2) is 18.7 Å². The number of hydrogen-bond acceptors (Lipinski definition) is 1. The van der Waals surface area contributed by atoms with Crippen LogP contribution in [0.1, 0.15) is 50.3 Å². The van der Waals surface area contributed by atoms with Crippen LogP contribution in [-0.2, 0) is 0 Å². The van der Waals surface area contributed by atoms with Gasteiger partial charge in [0.1, 0.15) is 5.75 Å². The molecule has 1 rings (SSSR count). The first-order chi connectivity index (χ1) is 8.79. The topological polar surface area (TPSA) is 25.8 Å². The Morgan fingerprint density at radius 3 is 2.11 bits per heavy atom. The van der Waals surface area contributed by atoms with Crippen molar-refractivity contribution < 1.29 is 10.1 Å². The molecule has 1 aromatic rings. The first-order valence-electron chi connectivity index (χ1n) is 7.34. The Morgan fingerprint density at radius 2 is 1.58 bits per heavy atom. The Bertz CT molecular complexity index is 381. The van der Waals surface area contributed by atoms with Gasteiger partial charge in [0.2, 0.25) is 0 Å². The van der Waals surface area contributed by atoms with Crippen molar-refractivity contribution >= 4 is 0 Å². The predicted molar refractivity (Wildman–Crippen MR) is 81.9 cm³/mol. The minimum atomic E-state index is 0.338. The maximum absolute atomic E-state index is 5.94. The third-order valence-electron chi connectivity index (χ3n) is 3.21. The third-order valence-corrected chi connectivity index (χ3v) is 3.21. The zero-order valence-corrected chi connectivity index (χ0v) is 13.5. The number of ether oxygens (including phenoxy) is 1. The fraction of sp³-hybridized carbons (Fsp3) is 0.647. The van der Waals surface area contributed by atoms with Crippen LogP contribution < -0.4 is 10.1 Å². The van der Waals surface area contributed by atoms with Crippen molar-refractivity contribution in [2.24, 2.45) is 0 Å². The van der Waals surface area contributed by atoms with Gasteiger partial charge in [-0.15, -0.1) is 0 Å². The van der Waals surface area contributed by atoms with Gasteiger partial charge in [-0.05, 0) is 65.5 Å². The molecule has 0 spiro atoms. The fourth-order valence-corrected chi connectivity index (χ4v) is 2.35. The summed E-state index contributed by atoms with van der Waals surface area (Å²) in [5.74, 6) is 1.07. The van der Waals surface area contributed by atoms with E-state index in [0.717, 1.165) is 18.8 Å².